The SMILES string of the molecule is OCCCC(O)c1ccc2c(c1)CCCO2. The largest absolute Gasteiger partial charge is 0.493 e. The fourth-order valence-electron chi connectivity index (χ4n) is 2.04. The highest BCUT2D eigenvalue weighted by molar-refractivity contribution is 5.39. The van der Waals surface area contributed by atoms with E-state index in [9.17, 15) is 5.11 Å². The van der Waals surface area contributed by atoms with Crippen molar-refractivity contribution in [3.63, 3.8) is 0 Å². The molecule has 0 bridgehead atoms. The number of hydrogen-bond acceptors (Lipinski definition) is 3. The molecule has 1 aliphatic rings. The molecule has 1 heterocycles. The maximum atomic E-state index is 9.90. The molecule has 0 saturated heterocycles. The van der Waals surface area contributed by atoms with Crippen molar-refractivity contribution in [1.82, 2.24) is 0 Å². The predicted molar refractivity (Wildman–Crippen MR) is 61.5 cm³/mol. The summed E-state index contributed by atoms with van der Waals surface area (Å²) in [7, 11) is 0. The second kappa shape index (κ2) is 5.32. The summed E-state index contributed by atoms with van der Waals surface area (Å²) in [6.45, 7) is 0.921. The molecule has 3 heteroatoms. The Kier molecular flexibility index (Phi) is 3.80. The first-order valence-electron chi connectivity index (χ1n) is 5.86. The lowest BCUT2D eigenvalue weighted by Gasteiger charge is -2.19. The Hall–Kier alpha value is -1.06. The topological polar surface area (TPSA) is 49.7 Å². The van der Waals surface area contributed by atoms with Crippen molar-refractivity contribution in [1.29, 1.82) is 0 Å². The summed E-state index contributed by atoms with van der Waals surface area (Å²) in [5.74, 6) is 0.948. The molecule has 0 fully saturated rings. The van der Waals surface area contributed by atoms with Gasteiger partial charge >= 0.3 is 0 Å². The number of ether oxygens (including phenoxy) is 1. The van der Waals surface area contributed by atoms with E-state index in [1.165, 1.54) is 5.56 Å². The van der Waals surface area contributed by atoms with Crippen LogP contribution in [0.25, 0.3) is 0 Å². The molecule has 2 rings (SSSR count). The van der Waals surface area contributed by atoms with Gasteiger partial charge in [-0.2, -0.15) is 0 Å². The first-order valence-corrected chi connectivity index (χ1v) is 5.86. The molecule has 0 aliphatic carbocycles. The number of benzene rings is 1. The van der Waals surface area contributed by atoms with Gasteiger partial charge in [0.25, 0.3) is 0 Å². The zero-order chi connectivity index (χ0) is 11.4. The summed E-state index contributed by atoms with van der Waals surface area (Å²) >= 11 is 0. The van der Waals surface area contributed by atoms with Crippen molar-refractivity contribution in [2.45, 2.75) is 31.8 Å². The number of aliphatic hydroxyl groups excluding tert-OH is 2. The highest BCUT2D eigenvalue weighted by Gasteiger charge is 2.13. The molecule has 16 heavy (non-hydrogen) atoms. The van der Waals surface area contributed by atoms with E-state index in [4.69, 9.17) is 9.84 Å². The molecule has 0 spiro atoms. The molecular formula is C13H18O3. The van der Waals surface area contributed by atoms with Crippen LogP contribution in [0, 0.1) is 0 Å². The smallest absolute Gasteiger partial charge is 0.122 e. The van der Waals surface area contributed by atoms with Crippen molar-refractivity contribution >= 4 is 0 Å². The summed E-state index contributed by atoms with van der Waals surface area (Å²) < 4.78 is 5.52. The van der Waals surface area contributed by atoms with E-state index in [1.807, 2.05) is 18.2 Å². The molecule has 88 valence electrons. The Labute approximate surface area is 95.7 Å². The summed E-state index contributed by atoms with van der Waals surface area (Å²) in [5, 5.41) is 18.6. The van der Waals surface area contributed by atoms with Crippen molar-refractivity contribution in [3.8, 4) is 5.75 Å². The van der Waals surface area contributed by atoms with Crippen LogP contribution in [0.2, 0.25) is 0 Å². The molecule has 1 aromatic rings. The maximum Gasteiger partial charge on any atom is 0.122 e. The zero-order valence-corrected chi connectivity index (χ0v) is 9.35. The highest BCUT2D eigenvalue weighted by Crippen LogP contribution is 2.29. The molecule has 1 atom stereocenters. The minimum atomic E-state index is -0.473. The van der Waals surface area contributed by atoms with E-state index in [2.05, 4.69) is 0 Å². The molecule has 0 radical (unpaired) electrons. The second-order valence-electron chi connectivity index (χ2n) is 4.20. The number of aryl methyl sites for hydroxylation is 1. The summed E-state index contributed by atoms with van der Waals surface area (Å²) in [4.78, 5) is 0. The highest BCUT2D eigenvalue weighted by atomic mass is 16.5. The quantitative estimate of drug-likeness (QED) is 0.817. The first-order chi connectivity index (χ1) is 7.81. The Morgan fingerprint density at radius 2 is 2.25 bits per heavy atom. The van der Waals surface area contributed by atoms with Crippen LogP contribution in [0.4, 0.5) is 0 Å². The molecule has 0 saturated carbocycles. The fraction of sp³-hybridized carbons (Fsp3) is 0.538. The van der Waals surface area contributed by atoms with E-state index >= 15 is 0 Å². The molecule has 1 aromatic carbocycles. The predicted octanol–water partition coefficient (Wildman–Crippen LogP) is 1.82. The van der Waals surface area contributed by atoms with Crippen molar-refractivity contribution in [3.05, 3.63) is 29.3 Å². The molecule has 1 aliphatic heterocycles. The molecule has 0 amide bonds. The lowest BCUT2D eigenvalue weighted by atomic mass is 9.98. The van der Waals surface area contributed by atoms with Gasteiger partial charge in [-0.25, -0.2) is 0 Å². The van der Waals surface area contributed by atoms with Gasteiger partial charge < -0.3 is 14.9 Å². The van der Waals surface area contributed by atoms with Crippen LogP contribution in [0.15, 0.2) is 18.2 Å². The normalized spacial score (nSPS) is 16.4. The Balaban J connectivity index is 2.10. The van der Waals surface area contributed by atoms with Gasteiger partial charge in [0.2, 0.25) is 0 Å². The van der Waals surface area contributed by atoms with E-state index in [0.29, 0.717) is 12.8 Å². The Morgan fingerprint density at radius 1 is 1.38 bits per heavy atom. The van der Waals surface area contributed by atoms with Gasteiger partial charge in [0.1, 0.15) is 5.75 Å². The first kappa shape index (κ1) is 11.4. The second-order valence-corrected chi connectivity index (χ2v) is 4.20. The van der Waals surface area contributed by atoms with E-state index in [1.54, 1.807) is 0 Å². The Morgan fingerprint density at radius 3 is 3.06 bits per heavy atom. The molecule has 1 unspecified atom stereocenters. The van der Waals surface area contributed by atoms with Gasteiger partial charge in [-0.3, -0.25) is 0 Å². The standard InChI is InChI=1S/C13H18O3/c14-7-1-4-12(15)10-5-6-13-11(9-10)3-2-8-16-13/h5-6,9,12,14-15H,1-4,7-8H2. The van der Waals surface area contributed by atoms with E-state index in [-0.39, 0.29) is 6.61 Å². The minimum Gasteiger partial charge on any atom is -0.493 e. The summed E-state index contributed by atoms with van der Waals surface area (Å²) in [6, 6.07) is 5.87. The number of fused-ring (bicyclic) bond motifs is 1. The van der Waals surface area contributed by atoms with Crippen LogP contribution in [-0.4, -0.2) is 23.4 Å². The van der Waals surface area contributed by atoms with Gasteiger partial charge in [-0.15, -0.1) is 0 Å². The van der Waals surface area contributed by atoms with Crippen molar-refractivity contribution < 1.29 is 14.9 Å². The molecule has 3 nitrogen and oxygen atoms in total. The van der Waals surface area contributed by atoms with Gasteiger partial charge in [0.15, 0.2) is 0 Å². The van der Waals surface area contributed by atoms with Gasteiger partial charge in [0, 0.05) is 6.61 Å². The molecular weight excluding hydrogens is 204 g/mol. The van der Waals surface area contributed by atoms with Crippen LogP contribution < -0.4 is 4.74 Å². The minimum absolute atomic E-state index is 0.130. The summed E-state index contributed by atoms with van der Waals surface area (Å²) in [6.07, 6.45) is 2.84. The number of aliphatic hydroxyl groups is 2. The average molecular weight is 222 g/mol. The van der Waals surface area contributed by atoms with Gasteiger partial charge in [-0.1, -0.05) is 6.07 Å². The van der Waals surface area contributed by atoms with Crippen LogP contribution >= 0.6 is 0 Å². The zero-order valence-electron chi connectivity index (χ0n) is 9.35. The van der Waals surface area contributed by atoms with Crippen LogP contribution in [0.3, 0.4) is 0 Å². The third-order valence-corrected chi connectivity index (χ3v) is 2.95. The van der Waals surface area contributed by atoms with Gasteiger partial charge in [0.05, 0.1) is 12.7 Å². The van der Waals surface area contributed by atoms with Crippen LogP contribution in [0.1, 0.15) is 36.5 Å². The van der Waals surface area contributed by atoms with Crippen LogP contribution in [0.5, 0.6) is 5.75 Å². The lowest BCUT2D eigenvalue weighted by molar-refractivity contribution is 0.151. The lowest BCUT2D eigenvalue weighted by Crippen LogP contribution is -2.09. The van der Waals surface area contributed by atoms with Crippen LogP contribution in [-0.2, 0) is 6.42 Å². The van der Waals surface area contributed by atoms with E-state index in [0.717, 1.165) is 30.8 Å². The van der Waals surface area contributed by atoms with Crippen molar-refractivity contribution in [2.75, 3.05) is 13.2 Å². The fourth-order valence-corrected chi connectivity index (χ4v) is 2.04. The van der Waals surface area contributed by atoms with Crippen molar-refractivity contribution in [2.24, 2.45) is 0 Å². The number of hydrogen-bond donors (Lipinski definition) is 2. The Bertz CT molecular complexity index is 349. The molecule has 0 aromatic heterocycles. The monoisotopic (exact) mass is 222 g/mol. The average Bonchev–Trinajstić information content (AvgIpc) is 2.35. The van der Waals surface area contributed by atoms with Gasteiger partial charge in [-0.05, 0) is 48.9 Å². The summed E-state index contributed by atoms with van der Waals surface area (Å²) in [5.41, 5.74) is 2.12. The number of rotatable bonds is 4. The maximum absolute atomic E-state index is 9.90. The third kappa shape index (κ3) is 2.54. The van der Waals surface area contributed by atoms with E-state index < -0.39 is 6.10 Å². The third-order valence-electron chi connectivity index (χ3n) is 2.95. The molecule has 2 N–H and O–H groups in total.